The quantitative estimate of drug-likeness (QED) is 0.654. The molecule has 0 radical (unpaired) electrons. The first-order chi connectivity index (χ1) is 9.88. The van der Waals surface area contributed by atoms with Crippen LogP contribution in [0.5, 0.6) is 0 Å². The van der Waals surface area contributed by atoms with Crippen LogP contribution < -0.4 is 10.2 Å². The van der Waals surface area contributed by atoms with Gasteiger partial charge in [-0.1, -0.05) is 34.5 Å². The number of carbonyl (C=O) groups is 1. The lowest BCUT2D eigenvalue weighted by atomic mass is 10.2. The minimum atomic E-state index is -0.721. The predicted molar refractivity (Wildman–Crippen MR) is 79.2 cm³/mol. The van der Waals surface area contributed by atoms with E-state index in [-0.39, 0.29) is 27.0 Å². The summed E-state index contributed by atoms with van der Waals surface area (Å²) < 4.78 is 0. The number of carbonyl (C=O) groups excluding carboxylic acids is 1. The van der Waals surface area contributed by atoms with Crippen LogP contribution in [0.3, 0.4) is 0 Å². The third kappa shape index (κ3) is 3.60. The number of halogens is 2. The van der Waals surface area contributed by atoms with Gasteiger partial charge in [0.25, 0.3) is 11.6 Å². The van der Waals surface area contributed by atoms with Crippen LogP contribution in [0.2, 0.25) is 10.0 Å². The van der Waals surface area contributed by atoms with Crippen molar-refractivity contribution in [2.75, 3.05) is 0 Å². The highest BCUT2D eigenvalue weighted by Gasteiger charge is 2.20. The number of H-pyrrole nitrogens is 1. The van der Waals surface area contributed by atoms with Gasteiger partial charge in [-0.15, -0.1) is 0 Å². The van der Waals surface area contributed by atoms with Crippen molar-refractivity contribution in [1.29, 1.82) is 0 Å². The van der Waals surface area contributed by atoms with E-state index in [1.54, 1.807) is 5.38 Å². The Morgan fingerprint density at radius 3 is 2.71 bits per heavy atom. The molecule has 1 aromatic carbocycles. The van der Waals surface area contributed by atoms with Crippen LogP contribution in [-0.4, -0.2) is 15.8 Å². The number of hydrogen-bond acceptors (Lipinski definition) is 5. The summed E-state index contributed by atoms with van der Waals surface area (Å²) in [7, 11) is 0. The van der Waals surface area contributed by atoms with Crippen molar-refractivity contribution >= 4 is 46.1 Å². The fourth-order valence-electron chi connectivity index (χ4n) is 1.52. The minimum absolute atomic E-state index is 0.00803. The fraction of sp³-hybridized carbons (Fsp3) is 0.0909. The maximum absolute atomic E-state index is 11.9. The SMILES string of the molecule is O=C(NCc1csc(=O)[nH]1)c1cc(Cl)c(Cl)c([N+](=O)[O-])c1. The number of rotatable bonds is 4. The summed E-state index contributed by atoms with van der Waals surface area (Å²) in [6.45, 7) is 0.0889. The summed E-state index contributed by atoms with van der Waals surface area (Å²) in [6, 6.07) is 2.28. The zero-order valence-corrected chi connectivity index (χ0v) is 12.5. The van der Waals surface area contributed by atoms with E-state index in [0.717, 1.165) is 17.4 Å². The third-order valence-corrected chi connectivity index (χ3v) is 3.99. The van der Waals surface area contributed by atoms with Gasteiger partial charge in [0.05, 0.1) is 16.5 Å². The standard InChI is InChI=1S/C11H7Cl2N3O4S/c12-7-1-5(2-8(9(7)13)16(19)20)10(17)14-3-6-4-21-11(18)15-6/h1-2,4H,3H2,(H,14,17)(H,15,18). The lowest BCUT2D eigenvalue weighted by Gasteiger charge is -2.05. The zero-order valence-electron chi connectivity index (χ0n) is 10.2. The average molecular weight is 348 g/mol. The summed E-state index contributed by atoms with van der Waals surface area (Å²) in [5.41, 5.74) is 0.0971. The lowest BCUT2D eigenvalue weighted by molar-refractivity contribution is -0.384. The number of benzene rings is 1. The Labute approximate surface area is 131 Å². The van der Waals surface area contributed by atoms with E-state index in [9.17, 15) is 19.7 Å². The summed E-state index contributed by atoms with van der Waals surface area (Å²) in [6.07, 6.45) is 0. The van der Waals surface area contributed by atoms with Crippen molar-refractivity contribution in [3.05, 3.63) is 58.6 Å². The molecule has 1 heterocycles. The van der Waals surface area contributed by atoms with E-state index in [0.29, 0.717) is 5.69 Å². The molecule has 1 aromatic heterocycles. The molecule has 2 N–H and O–H groups in total. The number of amides is 1. The monoisotopic (exact) mass is 347 g/mol. The van der Waals surface area contributed by atoms with E-state index in [2.05, 4.69) is 10.3 Å². The molecular formula is C11H7Cl2N3O4S. The molecule has 7 nitrogen and oxygen atoms in total. The Hall–Kier alpha value is -1.90. The number of nitrogens with one attached hydrogen (secondary N) is 2. The third-order valence-electron chi connectivity index (χ3n) is 2.48. The molecule has 0 aliphatic heterocycles. The van der Waals surface area contributed by atoms with Crippen molar-refractivity contribution in [2.45, 2.75) is 6.54 Å². The van der Waals surface area contributed by atoms with Gasteiger partial charge in [0.15, 0.2) is 0 Å². The highest BCUT2D eigenvalue weighted by atomic mass is 35.5. The van der Waals surface area contributed by atoms with Gasteiger partial charge in [0.1, 0.15) is 5.02 Å². The molecule has 1 amide bonds. The molecule has 110 valence electrons. The second kappa shape index (κ2) is 6.25. The van der Waals surface area contributed by atoms with Crippen LogP contribution in [-0.2, 0) is 6.54 Å². The van der Waals surface area contributed by atoms with E-state index < -0.39 is 16.5 Å². The highest BCUT2D eigenvalue weighted by Crippen LogP contribution is 2.33. The number of thiazole rings is 1. The second-order valence-electron chi connectivity index (χ2n) is 3.90. The van der Waals surface area contributed by atoms with E-state index in [1.807, 2.05) is 0 Å². The molecule has 0 aliphatic carbocycles. The fourth-order valence-corrected chi connectivity index (χ4v) is 2.49. The van der Waals surface area contributed by atoms with Crippen LogP contribution in [0.4, 0.5) is 5.69 Å². The average Bonchev–Trinajstić information content (AvgIpc) is 2.84. The van der Waals surface area contributed by atoms with Gasteiger partial charge in [-0.2, -0.15) is 0 Å². The lowest BCUT2D eigenvalue weighted by Crippen LogP contribution is -2.23. The van der Waals surface area contributed by atoms with Gasteiger partial charge in [-0.3, -0.25) is 19.7 Å². The number of hydrogen-bond donors (Lipinski definition) is 2. The predicted octanol–water partition coefficient (Wildman–Crippen LogP) is 2.58. The van der Waals surface area contributed by atoms with E-state index >= 15 is 0 Å². The molecule has 0 fully saturated rings. The Morgan fingerprint density at radius 1 is 1.43 bits per heavy atom. The molecule has 10 heteroatoms. The molecule has 2 rings (SSSR count). The molecule has 0 saturated heterocycles. The molecule has 0 saturated carbocycles. The normalized spacial score (nSPS) is 10.4. The van der Waals surface area contributed by atoms with Crippen molar-refractivity contribution < 1.29 is 9.72 Å². The first-order valence-corrected chi connectivity index (χ1v) is 7.10. The Kier molecular flexibility index (Phi) is 4.61. The van der Waals surface area contributed by atoms with Crippen molar-refractivity contribution in [3.8, 4) is 0 Å². The van der Waals surface area contributed by atoms with Gasteiger partial charge in [0.2, 0.25) is 0 Å². The number of nitro benzene ring substituents is 1. The molecular weight excluding hydrogens is 341 g/mol. The summed E-state index contributed by atoms with van der Waals surface area (Å²) in [5, 5.41) is 14.6. The maximum atomic E-state index is 11.9. The number of aromatic nitrogens is 1. The topological polar surface area (TPSA) is 105 Å². The number of nitrogens with zero attached hydrogens (tertiary/aromatic N) is 1. The Bertz CT molecular complexity index is 771. The molecule has 0 spiro atoms. The second-order valence-corrected chi connectivity index (χ2v) is 5.53. The Balaban J connectivity index is 2.19. The maximum Gasteiger partial charge on any atom is 0.304 e. The van der Waals surface area contributed by atoms with Gasteiger partial charge < -0.3 is 10.3 Å². The molecule has 0 bridgehead atoms. The smallest absolute Gasteiger partial charge is 0.304 e. The van der Waals surface area contributed by atoms with E-state index in [4.69, 9.17) is 23.2 Å². The number of aromatic amines is 1. The van der Waals surface area contributed by atoms with Gasteiger partial charge in [0, 0.05) is 22.7 Å². The highest BCUT2D eigenvalue weighted by molar-refractivity contribution is 7.07. The largest absolute Gasteiger partial charge is 0.346 e. The van der Waals surface area contributed by atoms with Gasteiger partial charge >= 0.3 is 4.87 Å². The summed E-state index contributed by atoms with van der Waals surface area (Å²) in [4.78, 5) is 35.3. The van der Waals surface area contributed by atoms with Crippen molar-refractivity contribution in [2.24, 2.45) is 0 Å². The van der Waals surface area contributed by atoms with Crippen LogP contribution >= 0.6 is 34.5 Å². The zero-order chi connectivity index (χ0) is 15.6. The van der Waals surface area contributed by atoms with Crippen LogP contribution in [0.25, 0.3) is 0 Å². The molecule has 2 aromatic rings. The summed E-state index contributed by atoms with van der Waals surface area (Å²) >= 11 is 12.4. The van der Waals surface area contributed by atoms with Gasteiger partial charge in [-0.25, -0.2) is 0 Å². The van der Waals surface area contributed by atoms with Crippen LogP contribution in [0.15, 0.2) is 22.3 Å². The molecule has 0 aliphatic rings. The van der Waals surface area contributed by atoms with Gasteiger partial charge in [-0.05, 0) is 6.07 Å². The Morgan fingerprint density at radius 2 is 2.14 bits per heavy atom. The summed E-state index contributed by atoms with van der Waals surface area (Å²) in [5.74, 6) is -0.566. The number of nitro groups is 1. The van der Waals surface area contributed by atoms with Crippen LogP contribution in [0.1, 0.15) is 16.1 Å². The first-order valence-electron chi connectivity index (χ1n) is 5.47. The van der Waals surface area contributed by atoms with Crippen molar-refractivity contribution in [3.63, 3.8) is 0 Å². The molecule has 0 atom stereocenters. The van der Waals surface area contributed by atoms with Crippen LogP contribution in [0, 0.1) is 10.1 Å². The van der Waals surface area contributed by atoms with E-state index in [1.165, 1.54) is 6.07 Å². The van der Waals surface area contributed by atoms with Crippen molar-refractivity contribution in [1.82, 2.24) is 10.3 Å². The minimum Gasteiger partial charge on any atom is -0.346 e. The molecule has 21 heavy (non-hydrogen) atoms. The molecule has 0 unspecified atom stereocenters. The first kappa shape index (κ1) is 15.5.